The van der Waals surface area contributed by atoms with E-state index in [9.17, 15) is 13.2 Å². The molecule has 3 rings (SSSR count). The standard InChI is InChI=1S/C23H31N3O4S/c1-17-4-5-19(23(27)24-13-10-18-11-14-26(2)15-12-18)16-22(17)31(28,29)25-20-6-8-21(30-3)9-7-20/h4-9,16,18,25H,10-15H2,1-3H3,(H,24,27). The fourth-order valence-electron chi connectivity index (χ4n) is 3.74. The molecule has 0 unspecified atom stereocenters. The minimum atomic E-state index is -3.84. The Balaban J connectivity index is 1.64. The summed E-state index contributed by atoms with van der Waals surface area (Å²) in [6.45, 7) is 4.50. The number of sulfonamides is 1. The Morgan fingerprint density at radius 2 is 1.81 bits per heavy atom. The van der Waals surface area contributed by atoms with Gasteiger partial charge in [-0.25, -0.2) is 8.42 Å². The van der Waals surface area contributed by atoms with Gasteiger partial charge in [-0.15, -0.1) is 0 Å². The maximum absolute atomic E-state index is 12.9. The summed E-state index contributed by atoms with van der Waals surface area (Å²) < 4.78 is 33.5. The van der Waals surface area contributed by atoms with Gasteiger partial charge in [0.25, 0.3) is 15.9 Å². The van der Waals surface area contributed by atoms with Crippen molar-refractivity contribution >= 4 is 21.6 Å². The van der Waals surface area contributed by atoms with Crippen molar-refractivity contribution in [2.75, 3.05) is 38.5 Å². The molecule has 0 saturated carbocycles. The van der Waals surface area contributed by atoms with Crippen LogP contribution in [0.5, 0.6) is 5.75 Å². The molecular formula is C23H31N3O4S. The van der Waals surface area contributed by atoms with E-state index in [0.29, 0.717) is 35.0 Å². The number of hydrogen-bond acceptors (Lipinski definition) is 5. The first kappa shape index (κ1) is 23.1. The first-order valence-corrected chi connectivity index (χ1v) is 12.0. The van der Waals surface area contributed by atoms with Gasteiger partial charge in [-0.2, -0.15) is 0 Å². The zero-order valence-corrected chi connectivity index (χ0v) is 19.2. The number of benzene rings is 2. The van der Waals surface area contributed by atoms with E-state index in [0.717, 1.165) is 32.4 Å². The van der Waals surface area contributed by atoms with E-state index in [-0.39, 0.29) is 10.8 Å². The first-order valence-electron chi connectivity index (χ1n) is 10.5. The van der Waals surface area contributed by atoms with Crippen LogP contribution in [0.15, 0.2) is 47.4 Å². The highest BCUT2D eigenvalue weighted by molar-refractivity contribution is 7.92. The van der Waals surface area contributed by atoms with Gasteiger partial charge < -0.3 is 15.0 Å². The second-order valence-electron chi connectivity index (χ2n) is 8.11. The van der Waals surface area contributed by atoms with Gasteiger partial charge in [0.2, 0.25) is 0 Å². The second-order valence-corrected chi connectivity index (χ2v) is 9.76. The normalized spacial score (nSPS) is 15.5. The van der Waals surface area contributed by atoms with Crippen LogP contribution in [0.1, 0.15) is 35.2 Å². The summed E-state index contributed by atoms with van der Waals surface area (Å²) in [4.78, 5) is 15.0. The number of nitrogens with one attached hydrogen (secondary N) is 2. The predicted octanol–water partition coefficient (Wildman–Crippen LogP) is 3.27. The van der Waals surface area contributed by atoms with Crippen LogP contribution in [-0.4, -0.2) is 53.0 Å². The average Bonchev–Trinajstić information content (AvgIpc) is 2.75. The number of methoxy groups -OCH3 is 1. The topological polar surface area (TPSA) is 87.7 Å². The Hall–Kier alpha value is -2.58. The summed E-state index contributed by atoms with van der Waals surface area (Å²) in [6.07, 6.45) is 3.24. The van der Waals surface area contributed by atoms with Crippen LogP contribution in [-0.2, 0) is 10.0 Å². The van der Waals surface area contributed by atoms with E-state index in [4.69, 9.17) is 4.74 Å². The summed E-state index contributed by atoms with van der Waals surface area (Å²) in [5.41, 5.74) is 1.33. The van der Waals surface area contributed by atoms with E-state index in [1.165, 1.54) is 6.07 Å². The zero-order chi connectivity index (χ0) is 22.4. The molecule has 7 nitrogen and oxygen atoms in total. The van der Waals surface area contributed by atoms with Crippen LogP contribution in [0.3, 0.4) is 0 Å². The minimum Gasteiger partial charge on any atom is -0.497 e. The van der Waals surface area contributed by atoms with Crippen LogP contribution in [0.4, 0.5) is 5.69 Å². The molecule has 8 heteroatoms. The summed E-state index contributed by atoms with van der Waals surface area (Å²) in [5, 5.41) is 2.94. The second kappa shape index (κ2) is 10.2. The Kier molecular flexibility index (Phi) is 7.56. The van der Waals surface area contributed by atoms with Gasteiger partial charge in [-0.1, -0.05) is 6.07 Å². The van der Waals surface area contributed by atoms with Crippen molar-refractivity contribution in [1.29, 1.82) is 0 Å². The minimum absolute atomic E-state index is 0.0892. The number of anilines is 1. The third kappa shape index (κ3) is 6.21. The molecule has 168 valence electrons. The molecule has 1 aliphatic rings. The zero-order valence-electron chi connectivity index (χ0n) is 18.3. The fourth-order valence-corrected chi connectivity index (χ4v) is 5.07. The van der Waals surface area contributed by atoms with Crippen molar-refractivity contribution in [3.05, 3.63) is 53.6 Å². The number of aryl methyl sites for hydroxylation is 1. The first-order chi connectivity index (χ1) is 14.8. The maximum atomic E-state index is 12.9. The summed E-state index contributed by atoms with van der Waals surface area (Å²) in [6, 6.07) is 11.4. The summed E-state index contributed by atoms with van der Waals surface area (Å²) >= 11 is 0. The fraction of sp³-hybridized carbons (Fsp3) is 0.435. The monoisotopic (exact) mass is 445 g/mol. The Morgan fingerprint density at radius 3 is 2.45 bits per heavy atom. The number of ether oxygens (including phenoxy) is 1. The molecule has 1 fully saturated rings. The number of carbonyl (C=O) groups is 1. The lowest BCUT2D eigenvalue weighted by Gasteiger charge is -2.28. The predicted molar refractivity (Wildman–Crippen MR) is 122 cm³/mol. The molecule has 0 spiro atoms. The largest absolute Gasteiger partial charge is 0.497 e. The SMILES string of the molecule is COc1ccc(NS(=O)(=O)c2cc(C(=O)NCCC3CCN(C)CC3)ccc2C)cc1. The molecule has 1 saturated heterocycles. The molecule has 2 aromatic rings. The van der Waals surface area contributed by atoms with Gasteiger partial charge in [0, 0.05) is 17.8 Å². The highest BCUT2D eigenvalue weighted by Gasteiger charge is 2.20. The molecule has 0 atom stereocenters. The molecular weight excluding hydrogens is 414 g/mol. The van der Waals surface area contributed by atoms with Crippen molar-refractivity contribution in [2.24, 2.45) is 5.92 Å². The molecule has 2 N–H and O–H groups in total. The third-order valence-corrected chi connectivity index (χ3v) is 7.28. The smallest absolute Gasteiger partial charge is 0.262 e. The van der Waals surface area contributed by atoms with Crippen LogP contribution in [0.25, 0.3) is 0 Å². The lowest BCUT2D eigenvalue weighted by atomic mass is 9.94. The summed E-state index contributed by atoms with van der Waals surface area (Å²) in [7, 11) is -0.160. The quantitative estimate of drug-likeness (QED) is 0.651. The van der Waals surface area contributed by atoms with Gasteiger partial charge in [0.05, 0.1) is 12.0 Å². The Bertz CT molecular complexity index is 998. The van der Waals surface area contributed by atoms with Crippen LogP contribution < -0.4 is 14.8 Å². The molecule has 1 aliphatic heterocycles. The van der Waals surface area contributed by atoms with Gasteiger partial charge >= 0.3 is 0 Å². The van der Waals surface area contributed by atoms with Crippen LogP contribution in [0.2, 0.25) is 0 Å². The average molecular weight is 446 g/mol. The van der Waals surface area contributed by atoms with Crippen molar-refractivity contribution in [3.63, 3.8) is 0 Å². The molecule has 0 bridgehead atoms. The molecule has 31 heavy (non-hydrogen) atoms. The lowest BCUT2D eigenvalue weighted by molar-refractivity contribution is 0.0948. The van der Waals surface area contributed by atoms with Crippen LogP contribution >= 0.6 is 0 Å². The van der Waals surface area contributed by atoms with Crippen molar-refractivity contribution in [3.8, 4) is 5.75 Å². The van der Waals surface area contributed by atoms with E-state index < -0.39 is 10.0 Å². The summed E-state index contributed by atoms with van der Waals surface area (Å²) in [5.74, 6) is 1.01. The van der Waals surface area contributed by atoms with Crippen molar-refractivity contribution < 1.29 is 17.9 Å². The van der Waals surface area contributed by atoms with E-state index in [2.05, 4.69) is 22.0 Å². The maximum Gasteiger partial charge on any atom is 0.262 e. The number of hydrogen-bond donors (Lipinski definition) is 2. The Labute approximate surface area is 184 Å². The number of nitrogens with zero attached hydrogens (tertiary/aromatic N) is 1. The van der Waals surface area contributed by atoms with Crippen LogP contribution in [0, 0.1) is 12.8 Å². The molecule has 2 aromatic carbocycles. The molecule has 0 aliphatic carbocycles. The number of piperidine rings is 1. The number of carbonyl (C=O) groups excluding carboxylic acids is 1. The van der Waals surface area contributed by atoms with Crippen molar-refractivity contribution in [2.45, 2.75) is 31.1 Å². The molecule has 1 heterocycles. The van der Waals surface area contributed by atoms with E-state index in [1.54, 1.807) is 50.4 Å². The number of rotatable bonds is 8. The lowest BCUT2D eigenvalue weighted by Crippen LogP contribution is -2.32. The van der Waals surface area contributed by atoms with E-state index in [1.807, 2.05) is 0 Å². The molecule has 0 aromatic heterocycles. The number of likely N-dealkylation sites (tertiary alicyclic amines) is 1. The Morgan fingerprint density at radius 1 is 1.13 bits per heavy atom. The van der Waals surface area contributed by atoms with Gasteiger partial charge in [0.1, 0.15) is 5.75 Å². The highest BCUT2D eigenvalue weighted by atomic mass is 32.2. The van der Waals surface area contributed by atoms with Gasteiger partial charge in [-0.3, -0.25) is 9.52 Å². The highest BCUT2D eigenvalue weighted by Crippen LogP contribution is 2.23. The van der Waals surface area contributed by atoms with Crippen molar-refractivity contribution in [1.82, 2.24) is 10.2 Å². The van der Waals surface area contributed by atoms with Gasteiger partial charge in [0.15, 0.2) is 0 Å². The van der Waals surface area contributed by atoms with Gasteiger partial charge in [-0.05, 0) is 94.2 Å². The molecule has 0 radical (unpaired) electrons. The number of amides is 1. The third-order valence-electron chi connectivity index (χ3n) is 5.76. The molecule has 1 amide bonds. The van der Waals surface area contributed by atoms with E-state index >= 15 is 0 Å².